The van der Waals surface area contributed by atoms with Crippen molar-refractivity contribution in [3.63, 3.8) is 0 Å². The maximum Gasteiger partial charge on any atom is 0.248 e. The van der Waals surface area contributed by atoms with Crippen LogP contribution in [0.2, 0.25) is 18.1 Å². The lowest BCUT2D eigenvalue weighted by atomic mass is 9.87. The van der Waals surface area contributed by atoms with Gasteiger partial charge in [0.1, 0.15) is 0 Å². The minimum atomic E-state index is -1.69. The van der Waals surface area contributed by atoms with Crippen LogP contribution in [0.15, 0.2) is 0 Å². The SMILES string of the molecule is CON(C)C(=O)[C@H]1CC[C@H](O[Si](C)(C)C(C)(C)C)CC1. The highest BCUT2D eigenvalue weighted by atomic mass is 28.4. The maximum atomic E-state index is 12.0. The van der Waals surface area contributed by atoms with Crippen LogP contribution in [0, 0.1) is 5.92 Å². The molecule has 1 rings (SSSR count). The van der Waals surface area contributed by atoms with Crippen LogP contribution in [0.4, 0.5) is 0 Å². The average molecular weight is 302 g/mol. The average Bonchev–Trinajstić information content (AvgIpc) is 2.36. The van der Waals surface area contributed by atoms with Crippen LogP contribution in [0.3, 0.4) is 0 Å². The lowest BCUT2D eigenvalue weighted by Crippen LogP contribution is -2.45. The molecule has 118 valence electrons. The zero-order valence-corrected chi connectivity index (χ0v) is 15.2. The van der Waals surface area contributed by atoms with E-state index >= 15 is 0 Å². The summed E-state index contributed by atoms with van der Waals surface area (Å²) < 4.78 is 6.44. The van der Waals surface area contributed by atoms with E-state index in [1.165, 1.54) is 12.2 Å². The van der Waals surface area contributed by atoms with E-state index < -0.39 is 8.32 Å². The van der Waals surface area contributed by atoms with Gasteiger partial charge >= 0.3 is 0 Å². The first-order valence-corrected chi connectivity index (χ1v) is 10.5. The number of hydroxylamine groups is 2. The summed E-state index contributed by atoms with van der Waals surface area (Å²) in [5, 5.41) is 1.59. The minimum Gasteiger partial charge on any atom is -0.414 e. The van der Waals surface area contributed by atoms with Gasteiger partial charge in [0.05, 0.1) is 7.11 Å². The van der Waals surface area contributed by atoms with E-state index in [1.807, 2.05) is 0 Å². The summed E-state index contributed by atoms with van der Waals surface area (Å²) in [5.74, 6) is 0.192. The fourth-order valence-electron chi connectivity index (χ4n) is 2.37. The third-order valence-electron chi connectivity index (χ3n) is 4.88. The van der Waals surface area contributed by atoms with E-state index in [-0.39, 0.29) is 16.9 Å². The van der Waals surface area contributed by atoms with Crippen molar-refractivity contribution in [2.45, 2.75) is 70.7 Å². The van der Waals surface area contributed by atoms with Crippen molar-refractivity contribution in [2.24, 2.45) is 5.92 Å². The molecule has 0 radical (unpaired) electrons. The number of carbonyl (C=O) groups is 1. The third kappa shape index (κ3) is 4.30. The topological polar surface area (TPSA) is 38.8 Å². The summed E-state index contributed by atoms with van der Waals surface area (Å²) in [4.78, 5) is 17.0. The summed E-state index contributed by atoms with van der Waals surface area (Å²) in [6.07, 6.45) is 4.12. The predicted octanol–water partition coefficient (Wildman–Crippen LogP) is 3.59. The molecule has 0 aliphatic heterocycles. The van der Waals surface area contributed by atoms with Gasteiger partial charge in [0.2, 0.25) is 5.91 Å². The number of nitrogens with zero attached hydrogens (tertiary/aromatic N) is 1. The lowest BCUT2D eigenvalue weighted by molar-refractivity contribution is -0.174. The Labute approximate surface area is 124 Å². The van der Waals surface area contributed by atoms with Gasteiger partial charge in [0.25, 0.3) is 0 Å². The second kappa shape index (κ2) is 6.58. The van der Waals surface area contributed by atoms with E-state index in [0.29, 0.717) is 6.10 Å². The smallest absolute Gasteiger partial charge is 0.248 e. The molecule has 0 aromatic heterocycles. The maximum absolute atomic E-state index is 12.0. The van der Waals surface area contributed by atoms with Crippen molar-refractivity contribution in [1.82, 2.24) is 5.06 Å². The highest BCUT2D eigenvalue weighted by Crippen LogP contribution is 2.39. The van der Waals surface area contributed by atoms with Gasteiger partial charge in [0.15, 0.2) is 8.32 Å². The summed E-state index contributed by atoms with van der Waals surface area (Å²) in [6.45, 7) is 11.4. The highest BCUT2D eigenvalue weighted by Gasteiger charge is 2.40. The van der Waals surface area contributed by atoms with Gasteiger partial charge in [-0.25, -0.2) is 5.06 Å². The summed E-state index contributed by atoms with van der Waals surface area (Å²) in [6, 6.07) is 0. The first kappa shape index (κ1) is 17.7. The van der Waals surface area contributed by atoms with Crippen LogP contribution >= 0.6 is 0 Å². The van der Waals surface area contributed by atoms with Crippen molar-refractivity contribution >= 4 is 14.2 Å². The van der Waals surface area contributed by atoms with E-state index in [0.717, 1.165) is 25.7 Å². The fraction of sp³-hybridized carbons (Fsp3) is 0.933. The molecule has 1 saturated carbocycles. The molecule has 0 saturated heterocycles. The largest absolute Gasteiger partial charge is 0.414 e. The number of hydrogen-bond donors (Lipinski definition) is 0. The normalized spacial score (nSPS) is 24.6. The molecule has 0 heterocycles. The molecule has 1 aliphatic rings. The van der Waals surface area contributed by atoms with Crippen LogP contribution in [0.25, 0.3) is 0 Å². The van der Waals surface area contributed by atoms with E-state index in [2.05, 4.69) is 33.9 Å². The standard InChI is InChI=1S/C15H31NO3Si/c1-15(2,3)20(6,7)19-13-10-8-12(9-11-13)14(17)16(4)18-5/h12-13H,8-11H2,1-7H3/t12-,13-. The van der Waals surface area contributed by atoms with Gasteiger partial charge in [-0.05, 0) is 43.8 Å². The Morgan fingerprint density at radius 3 is 2.05 bits per heavy atom. The van der Waals surface area contributed by atoms with Crippen LogP contribution < -0.4 is 0 Å². The molecule has 4 nitrogen and oxygen atoms in total. The number of amides is 1. The summed E-state index contributed by atoms with van der Waals surface area (Å²) in [7, 11) is 1.52. The minimum absolute atomic E-state index is 0.0956. The van der Waals surface area contributed by atoms with Crippen LogP contribution in [-0.4, -0.2) is 39.5 Å². The molecule has 20 heavy (non-hydrogen) atoms. The Balaban J connectivity index is 2.49. The Morgan fingerprint density at radius 1 is 1.15 bits per heavy atom. The molecule has 0 aromatic carbocycles. The number of hydrogen-bond acceptors (Lipinski definition) is 3. The summed E-state index contributed by atoms with van der Waals surface area (Å²) in [5.41, 5.74) is 0. The molecule has 1 amide bonds. The quantitative estimate of drug-likeness (QED) is 0.588. The van der Waals surface area contributed by atoms with E-state index in [4.69, 9.17) is 9.26 Å². The molecule has 1 fully saturated rings. The van der Waals surface area contributed by atoms with Gasteiger partial charge < -0.3 is 4.43 Å². The van der Waals surface area contributed by atoms with Crippen LogP contribution in [0.5, 0.6) is 0 Å². The zero-order chi connectivity index (χ0) is 15.6. The Hall–Kier alpha value is -0.393. The first-order chi connectivity index (χ1) is 9.08. The van der Waals surface area contributed by atoms with Crippen molar-refractivity contribution in [3.8, 4) is 0 Å². The molecule has 0 unspecified atom stereocenters. The van der Waals surface area contributed by atoms with Crippen molar-refractivity contribution in [3.05, 3.63) is 0 Å². The molecule has 0 N–H and O–H groups in total. The Bertz CT molecular complexity index is 331. The first-order valence-electron chi connectivity index (χ1n) is 7.58. The highest BCUT2D eigenvalue weighted by molar-refractivity contribution is 6.74. The van der Waals surface area contributed by atoms with Crippen molar-refractivity contribution in [1.29, 1.82) is 0 Å². The van der Waals surface area contributed by atoms with Gasteiger partial charge in [-0.1, -0.05) is 20.8 Å². The van der Waals surface area contributed by atoms with E-state index in [9.17, 15) is 4.79 Å². The molecular weight excluding hydrogens is 270 g/mol. The van der Waals surface area contributed by atoms with Crippen molar-refractivity contribution in [2.75, 3.05) is 14.2 Å². The van der Waals surface area contributed by atoms with Crippen molar-refractivity contribution < 1.29 is 14.1 Å². The molecule has 1 aliphatic carbocycles. The van der Waals surface area contributed by atoms with Gasteiger partial charge in [-0.3, -0.25) is 9.63 Å². The Morgan fingerprint density at radius 2 is 1.65 bits per heavy atom. The second-order valence-corrected chi connectivity index (χ2v) is 12.1. The molecule has 0 atom stereocenters. The molecule has 0 spiro atoms. The lowest BCUT2D eigenvalue weighted by Gasteiger charge is -2.41. The second-order valence-electron chi connectivity index (χ2n) is 7.37. The molecular formula is C15H31NO3Si. The number of rotatable bonds is 4. The fourth-order valence-corrected chi connectivity index (χ4v) is 3.79. The van der Waals surface area contributed by atoms with Gasteiger partial charge in [-0.15, -0.1) is 0 Å². The molecule has 0 bridgehead atoms. The Kier molecular flexibility index (Phi) is 5.81. The van der Waals surface area contributed by atoms with Crippen LogP contribution in [0.1, 0.15) is 46.5 Å². The van der Waals surface area contributed by atoms with Gasteiger partial charge in [-0.2, -0.15) is 0 Å². The van der Waals surface area contributed by atoms with Gasteiger partial charge in [0, 0.05) is 19.1 Å². The molecule has 5 heteroatoms. The molecule has 0 aromatic rings. The monoisotopic (exact) mass is 301 g/mol. The summed E-state index contributed by atoms with van der Waals surface area (Å²) >= 11 is 0. The number of carbonyl (C=O) groups excluding carboxylic acids is 1. The predicted molar refractivity (Wildman–Crippen MR) is 83.8 cm³/mol. The van der Waals surface area contributed by atoms with Crippen LogP contribution in [-0.2, 0) is 14.1 Å². The zero-order valence-electron chi connectivity index (χ0n) is 14.2. The van der Waals surface area contributed by atoms with E-state index in [1.54, 1.807) is 7.05 Å². The third-order valence-corrected chi connectivity index (χ3v) is 9.41.